The molecule has 0 amide bonds. The zero-order chi connectivity index (χ0) is 15.0. The molecule has 0 spiro atoms. The molecule has 0 unspecified atom stereocenters. The van der Waals surface area contributed by atoms with Crippen molar-refractivity contribution in [2.75, 3.05) is 0 Å². The van der Waals surface area contributed by atoms with E-state index in [1.54, 1.807) is 0 Å². The second-order valence-corrected chi connectivity index (χ2v) is 9.93. The van der Waals surface area contributed by atoms with Crippen molar-refractivity contribution < 1.29 is 0 Å². The van der Waals surface area contributed by atoms with Crippen LogP contribution in [0.5, 0.6) is 0 Å². The van der Waals surface area contributed by atoms with Gasteiger partial charge < -0.3 is 5.73 Å². The SMILES string of the molecule is CC(C)(C)CC(C)(C)C(N)C(C)(C)CC(C)(C)C. The van der Waals surface area contributed by atoms with Crippen molar-refractivity contribution in [1.82, 2.24) is 0 Å². The third kappa shape index (κ3) is 6.22. The molecule has 110 valence electrons. The van der Waals surface area contributed by atoms with Crippen LogP contribution in [0.25, 0.3) is 0 Å². The van der Waals surface area contributed by atoms with Crippen LogP contribution in [0, 0.1) is 21.7 Å². The first-order valence-corrected chi connectivity index (χ1v) is 7.32. The Morgan fingerprint density at radius 1 is 0.611 bits per heavy atom. The Labute approximate surface area is 116 Å². The third-order valence-corrected chi connectivity index (χ3v) is 3.66. The van der Waals surface area contributed by atoms with Crippen LogP contribution in [0.1, 0.15) is 82.1 Å². The first-order chi connectivity index (χ1) is 7.57. The maximum atomic E-state index is 6.64. The Balaban J connectivity index is 4.96. The molecular weight excluding hydrogens is 218 g/mol. The summed E-state index contributed by atoms with van der Waals surface area (Å²) in [6.07, 6.45) is 2.32. The Morgan fingerprint density at radius 2 is 0.833 bits per heavy atom. The highest BCUT2D eigenvalue weighted by atomic mass is 14.7. The normalized spacial score (nSPS) is 15.3. The van der Waals surface area contributed by atoms with Crippen molar-refractivity contribution in [3.05, 3.63) is 0 Å². The summed E-state index contributed by atoms with van der Waals surface area (Å²) in [6, 6.07) is 0.225. The summed E-state index contributed by atoms with van der Waals surface area (Å²) in [5.41, 5.74) is 7.66. The molecule has 0 radical (unpaired) electrons. The minimum absolute atomic E-state index is 0.174. The summed E-state index contributed by atoms with van der Waals surface area (Å²) in [4.78, 5) is 0. The molecular formula is C17H37N. The van der Waals surface area contributed by atoms with Crippen LogP contribution in [0.4, 0.5) is 0 Å². The quantitative estimate of drug-likeness (QED) is 0.730. The van der Waals surface area contributed by atoms with Gasteiger partial charge in [0.2, 0.25) is 0 Å². The fraction of sp³-hybridized carbons (Fsp3) is 1.00. The molecule has 1 heteroatoms. The lowest BCUT2D eigenvalue weighted by atomic mass is 9.61. The van der Waals surface area contributed by atoms with E-state index in [4.69, 9.17) is 5.73 Å². The van der Waals surface area contributed by atoms with Gasteiger partial charge in [-0.2, -0.15) is 0 Å². The zero-order valence-electron chi connectivity index (χ0n) is 14.6. The second-order valence-electron chi connectivity index (χ2n) is 9.93. The smallest absolute Gasteiger partial charge is 0.0142 e. The van der Waals surface area contributed by atoms with E-state index in [-0.39, 0.29) is 16.9 Å². The average Bonchev–Trinajstić information content (AvgIpc) is 1.92. The van der Waals surface area contributed by atoms with Gasteiger partial charge >= 0.3 is 0 Å². The maximum Gasteiger partial charge on any atom is 0.0142 e. The van der Waals surface area contributed by atoms with Gasteiger partial charge in [-0.3, -0.25) is 0 Å². The van der Waals surface area contributed by atoms with E-state index in [0.717, 1.165) is 12.8 Å². The van der Waals surface area contributed by atoms with Gasteiger partial charge in [0.15, 0.2) is 0 Å². The maximum absolute atomic E-state index is 6.64. The highest BCUT2D eigenvalue weighted by Gasteiger charge is 2.41. The molecule has 0 heterocycles. The van der Waals surface area contributed by atoms with Crippen molar-refractivity contribution in [3.8, 4) is 0 Å². The van der Waals surface area contributed by atoms with Crippen LogP contribution in [-0.2, 0) is 0 Å². The van der Waals surface area contributed by atoms with Gasteiger partial charge in [-0.05, 0) is 34.5 Å². The van der Waals surface area contributed by atoms with Gasteiger partial charge in [0.05, 0.1) is 0 Å². The van der Waals surface area contributed by atoms with Crippen molar-refractivity contribution >= 4 is 0 Å². The number of hydrogen-bond donors (Lipinski definition) is 1. The largest absolute Gasteiger partial charge is 0.327 e. The Hall–Kier alpha value is -0.0400. The summed E-state index contributed by atoms with van der Waals surface area (Å²) in [7, 11) is 0. The fourth-order valence-electron chi connectivity index (χ4n) is 4.01. The highest BCUT2D eigenvalue weighted by Crippen LogP contribution is 2.45. The minimum Gasteiger partial charge on any atom is -0.327 e. The molecule has 0 aromatic heterocycles. The Bertz CT molecular complexity index is 232. The molecule has 0 aromatic carbocycles. The lowest BCUT2D eigenvalue weighted by molar-refractivity contribution is 0.0675. The summed E-state index contributed by atoms with van der Waals surface area (Å²) < 4.78 is 0. The number of rotatable bonds is 4. The molecule has 1 nitrogen and oxygen atoms in total. The van der Waals surface area contributed by atoms with Crippen LogP contribution in [0.15, 0.2) is 0 Å². The van der Waals surface area contributed by atoms with Crippen LogP contribution in [-0.4, -0.2) is 6.04 Å². The standard InChI is InChI=1S/C17H37N/c1-14(2,3)11-16(7,8)13(18)17(9,10)12-15(4,5)6/h13H,11-12,18H2,1-10H3. The monoisotopic (exact) mass is 255 g/mol. The third-order valence-electron chi connectivity index (χ3n) is 3.66. The number of hydrogen-bond acceptors (Lipinski definition) is 1. The van der Waals surface area contributed by atoms with Crippen molar-refractivity contribution in [2.24, 2.45) is 27.4 Å². The van der Waals surface area contributed by atoms with Gasteiger partial charge in [-0.15, -0.1) is 0 Å². The van der Waals surface area contributed by atoms with Crippen LogP contribution < -0.4 is 5.73 Å². The first kappa shape index (κ1) is 18.0. The van der Waals surface area contributed by atoms with E-state index in [2.05, 4.69) is 69.2 Å². The Morgan fingerprint density at radius 3 is 1.00 bits per heavy atom. The molecule has 0 aromatic rings. The molecule has 2 N–H and O–H groups in total. The Kier molecular flexibility index (Phi) is 5.14. The minimum atomic E-state index is 0.174. The van der Waals surface area contributed by atoms with E-state index in [9.17, 15) is 0 Å². The summed E-state index contributed by atoms with van der Waals surface area (Å²) in [6.45, 7) is 23.1. The van der Waals surface area contributed by atoms with E-state index in [1.807, 2.05) is 0 Å². The summed E-state index contributed by atoms with van der Waals surface area (Å²) >= 11 is 0. The van der Waals surface area contributed by atoms with Crippen molar-refractivity contribution in [3.63, 3.8) is 0 Å². The van der Waals surface area contributed by atoms with E-state index >= 15 is 0 Å². The van der Waals surface area contributed by atoms with E-state index < -0.39 is 0 Å². The molecule has 0 aliphatic carbocycles. The van der Waals surface area contributed by atoms with Gasteiger partial charge in [0, 0.05) is 6.04 Å². The van der Waals surface area contributed by atoms with Crippen molar-refractivity contribution in [2.45, 2.75) is 88.1 Å². The molecule has 0 atom stereocenters. The molecule has 0 aliphatic rings. The van der Waals surface area contributed by atoms with Gasteiger partial charge in [0.25, 0.3) is 0 Å². The molecule has 0 saturated heterocycles. The molecule has 0 aliphatic heterocycles. The van der Waals surface area contributed by atoms with Gasteiger partial charge in [-0.1, -0.05) is 69.2 Å². The fourth-order valence-corrected chi connectivity index (χ4v) is 4.01. The number of nitrogens with two attached hydrogens (primary N) is 1. The average molecular weight is 255 g/mol. The van der Waals surface area contributed by atoms with Gasteiger partial charge in [-0.25, -0.2) is 0 Å². The first-order valence-electron chi connectivity index (χ1n) is 7.32. The lowest BCUT2D eigenvalue weighted by Gasteiger charge is -2.47. The van der Waals surface area contributed by atoms with Crippen molar-refractivity contribution in [1.29, 1.82) is 0 Å². The molecule has 0 bridgehead atoms. The van der Waals surface area contributed by atoms with Gasteiger partial charge in [0.1, 0.15) is 0 Å². The highest BCUT2D eigenvalue weighted by molar-refractivity contribution is 4.95. The van der Waals surface area contributed by atoms with E-state index in [0.29, 0.717) is 10.8 Å². The predicted molar refractivity (Wildman–Crippen MR) is 83.7 cm³/mol. The van der Waals surface area contributed by atoms with Crippen LogP contribution in [0.3, 0.4) is 0 Å². The topological polar surface area (TPSA) is 26.0 Å². The second kappa shape index (κ2) is 5.15. The molecule has 0 saturated carbocycles. The van der Waals surface area contributed by atoms with Crippen LogP contribution >= 0.6 is 0 Å². The predicted octanol–water partition coefficient (Wildman–Crippen LogP) is 5.24. The molecule has 18 heavy (non-hydrogen) atoms. The summed E-state index contributed by atoms with van der Waals surface area (Å²) in [5.74, 6) is 0. The van der Waals surface area contributed by atoms with Crippen LogP contribution in [0.2, 0.25) is 0 Å². The zero-order valence-corrected chi connectivity index (χ0v) is 14.6. The lowest BCUT2D eigenvalue weighted by Crippen LogP contribution is -2.50. The molecule has 0 rings (SSSR count). The summed E-state index contributed by atoms with van der Waals surface area (Å²) in [5, 5.41) is 0. The van der Waals surface area contributed by atoms with E-state index in [1.165, 1.54) is 0 Å². The molecule has 0 fully saturated rings.